The van der Waals surface area contributed by atoms with Gasteiger partial charge in [-0.3, -0.25) is 10.6 Å². The molecule has 0 aromatic carbocycles. The summed E-state index contributed by atoms with van der Waals surface area (Å²) in [6.45, 7) is 20.3. The van der Waals surface area contributed by atoms with Gasteiger partial charge in [0.1, 0.15) is 12.5 Å². The van der Waals surface area contributed by atoms with E-state index in [4.69, 9.17) is 14.2 Å². The minimum atomic E-state index is -0.341. The summed E-state index contributed by atoms with van der Waals surface area (Å²) in [6, 6.07) is 0. The van der Waals surface area contributed by atoms with Crippen LogP contribution in [-0.4, -0.2) is 36.1 Å². The lowest BCUT2D eigenvalue weighted by Gasteiger charge is -2.31. The molecule has 0 bridgehead atoms. The molecule has 0 aromatic rings. The smallest absolute Gasteiger partial charge is 0.160 e. The highest BCUT2D eigenvalue weighted by atomic mass is 16.8. The van der Waals surface area contributed by atoms with Crippen LogP contribution in [-0.2, 0) is 14.2 Å². The number of ether oxygens (including phenoxy) is 3. The zero-order chi connectivity index (χ0) is 16.8. The Hall–Kier alpha value is -0.200. The van der Waals surface area contributed by atoms with Crippen molar-refractivity contribution in [3.05, 3.63) is 0 Å². The second-order valence-corrected chi connectivity index (χ2v) is 7.62. The molecule has 0 rings (SSSR count). The first kappa shape index (κ1) is 20.8. The SMILES string of the molecule is CC(NC(C)(C)C)OC(C)OC(C)OC(C)NC(C)(C)C. The predicted octanol–water partition coefficient (Wildman–Crippen LogP) is 3.20. The van der Waals surface area contributed by atoms with Gasteiger partial charge in [-0.15, -0.1) is 0 Å². The van der Waals surface area contributed by atoms with Crippen molar-refractivity contribution in [2.45, 2.75) is 105 Å². The second kappa shape index (κ2) is 8.44. The van der Waals surface area contributed by atoms with E-state index in [2.05, 4.69) is 52.2 Å². The first-order valence-electron chi connectivity index (χ1n) is 7.80. The molecule has 4 unspecified atom stereocenters. The van der Waals surface area contributed by atoms with Crippen LogP contribution in [0.1, 0.15) is 69.2 Å². The van der Waals surface area contributed by atoms with Gasteiger partial charge in [0.05, 0.1) is 0 Å². The summed E-state index contributed by atoms with van der Waals surface area (Å²) in [5, 5.41) is 6.68. The fourth-order valence-electron chi connectivity index (χ4n) is 2.20. The van der Waals surface area contributed by atoms with Crippen LogP contribution in [0, 0.1) is 0 Å². The molecular weight excluding hydrogens is 268 g/mol. The average Bonchev–Trinajstić information content (AvgIpc) is 2.07. The van der Waals surface area contributed by atoms with Gasteiger partial charge in [-0.1, -0.05) is 0 Å². The highest BCUT2D eigenvalue weighted by Crippen LogP contribution is 2.09. The Morgan fingerprint density at radius 1 is 0.571 bits per heavy atom. The van der Waals surface area contributed by atoms with Crippen LogP contribution in [0.4, 0.5) is 0 Å². The summed E-state index contributed by atoms with van der Waals surface area (Å²) >= 11 is 0. The number of hydrogen-bond acceptors (Lipinski definition) is 5. The molecule has 2 N–H and O–H groups in total. The van der Waals surface area contributed by atoms with Gasteiger partial charge in [0.25, 0.3) is 0 Å². The minimum Gasteiger partial charge on any atom is -0.335 e. The highest BCUT2D eigenvalue weighted by molar-refractivity contribution is 4.72. The first-order chi connectivity index (χ1) is 9.28. The van der Waals surface area contributed by atoms with E-state index in [0.29, 0.717) is 0 Å². The number of nitrogens with one attached hydrogen (secondary N) is 2. The van der Waals surface area contributed by atoms with E-state index in [9.17, 15) is 0 Å². The Kier molecular flexibility index (Phi) is 8.36. The van der Waals surface area contributed by atoms with E-state index < -0.39 is 0 Å². The number of hydrogen-bond donors (Lipinski definition) is 2. The van der Waals surface area contributed by atoms with E-state index in [-0.39, 0.29) is 36.1 Å². The summed E-state index contributed by atoms with van der Waals surface area (Å²) in [5.74, 6) is 0. The van der Waals surface area contributed by atoms with E-state index in [1.165, 1.54) is 0 Å². The lowest BCUT2D eigenvalue weighted by atomic mass is 10.1. The first-order valence-corrected chi connectivity index (χ1v) is 7.80. The molecular formula is C16H36N2O3. The maximum Gasteiger partial charge on any atom is 0.160 e. The molecule has 0 amide bonds. The lowest BCUT2D eigenvalue weighted by molar-refractivity contribution is -0.260. The van der Waals surface area contributed by atoms with Crippen molar-refractivity contribution in [2.75, 3.05) is 0 Å². The average molecular weight is 304 g/mol. The van der Waals surface area contributed by atoms with Gasteiger partial charge in [0.2, 0.25) is 0 Å². The van der Waals surface area contributed by atoms with Gasteiger partial charge in [0, 0.05) is 11.1 Å². The van der Waals surface area contributed by atoms with Crippen molar-refractivity contribution < 1.29 is 14.2 Å². The molecule has 5 heteroatoms. The molecule has 0 aliphatic rings. The minimum absolute atomic E-state index is 0.00634. The van der Waals surface area contributed by atoms with Crippen molar-refractivity contribution in [3.8, 4) is 0 Å². The number of rotatable bonds is 8. The molecule has 0 aromatic heterocycles. The Labute approximate surface area is 131 Å². The molecule has 0 heterocycles. The third-order valence-corrected chi connectivity index (χ3v) is 2.45. The Bertz CT molecular complexity index is 256. The topological polar surface area (TPSA) is 51.8 Å². The summed E-state index contributed by atoms with van der Waals surface area (Å²) in [7, 11) is 0. The van der Waals surface area contributed by atoms with E-state index >= 15 is 0 Å². The molecule has 0 saturated heterocycles. The van der Waals surface area contributed by atoms with Crippen molar-refractivity contribution in [2.24, 2.45) is 0 Å². The maximum atomic E-state index is 5.75. The van der Waals surface area contributed by atoms with Gasteiger partial charge in [-0.05, 0) is 69.2 Å². The van der Waals surface area contributed by atoms with Crippen LogP contribution in [0.15, 0.2) is 0 Å². The lowest BCUT2D eigenvalue weighted by Crippen LogP contribution is -2.46. The van der Waals surface area contributed by atoms with E-state index in [0.717, 1.165) is 0 Å². The van der Waals surface area contributed by atoms with Crippen molar-refractivity contribution >= 4 is 0 Å². The molecule has 5 nitrogen and oxygen atoms in total. The molecule has 21 heavy (non-hydrogen) atoms. The largest absolute Gasteiger partial charge is 0.335 e. The molecule has 0 radical (unpaired) electrons. The highest BCUT2D eigenvalue weighted by Gasteiger charge is 2.20. The van der Waals surface area contributed by atoms with Gasteiger partial charge in [-0.2, -0.15) is 0 Å². The molecule has 4 atom stereocenters. The third-order valence-electron chi connectivity index (χ3n) is 2.45. The van der Waals surface area contributed by atoms with Gasteiger partial charge < -0.3 is 14.2 Å². The zero-order valence-electron chi connectivity index (χ0n) is 15.5. The molecule has 128 valence electrons. The van der Waals surface area contributed by atoms with Crippen LogP contribution in [0.3, 0.4) is 0 Å². The molecule has 0 aliphatic carbocycles. The second-order valence-electron chi connectivity index (χ2n) is 7.62. The fourth-order valence-corrected chi connectivity index (χ4v) is 2.20. The summed E-state index contributed by atoms with van der Waals surface area (Å²) in [5.41, 5.74) is 0.0127. The van der Waals surface area contributed by atoms with Crippen LogP contribution < -0.4 is 10.6 Å². The Balaban J connectivity index is 4.06. The fraction of sp³-hybridized carbons (Fsp3) is 1.00. The maximum absolute atomic E-state index is 5.75. The van der Waals surface area contributed by atoms with E-state index in [1.807, 2.05) is 27.7 Å². The van der Waals surface area contributed by atoms with Crippen LogP contribution in [0.25, 0.3) is 0 Å². The third kappa shape index (κ3) is 13.2. The predicted molar refractivity (Wildman–Crippen MR) is 86.9 cm³/mol. The van der Waals surface area contributed by atoms with Crippen LogP contribution in [0.2, 0.25) is 0 Å². The van der Waals surface area contributed by atoms with Crippen LogP contribution >= 0.6 is 0 Å². The quantitative estimate of drug-likeness (QED) is 0.675. The Morgan fingerprint density at radius 2 is 0.857 bits per heavy atom. The normalized spacial score (nSPS) is 19.1. The Morgan fingerprint density at radius 3 is 1.10 bits per heavy atom. The zero-order valence-corrected chi connectivity index (χ0v) is 15.5. The molecule has 0 spiro atoms. The van der Waals surface area contributed by atoms with Crippen molar-refractivity contribution in [1.29, 1.82) is 0 Å². The molecule has 0 aliphatic heterocycles. The summed E-state index contributed by atoms with van der Waals surface area (Å²) in [6.07, 6.45) is -0.854. The summed E-state index contributed by atoms with van der Waals surface area (Å²) in [4.78, 5) is 0. The van der Waals surface area contributed by atoms with Crippen LogP contribution in [0.5, 0.6) is 0 Å². The molecule has 0 saturated carbocycles. The van der Waals surface area contributed by atoms with Gasteiger partial charge in [-0.25, -0.2) is 0 Å². The van der Waals surface area contributed by atoms with E-state index in [1.54, 1.807) is 0 Å². The molecule has 0 fully saturated rings. The van der Waals surface area contributed by atoms with Crippen molar-refractivity contribution in [1.82, 2.24) is 10.6 Å². The van der Waals surface area contributed by atoms with Gasteiger partial charge in [0.15, 0.2) is 12.6 Å². The summed E-state index contributed by atoms with van der Waals surface area (Å²) < 4.78 is 17.2. The standard InChI is InChI=1S/C16H36N2O3/c1-11(17-15(5,6)7)19-13(3)21-14(4)20-12(2)18-16(8,9)10/h11-14,17-18H,1-10H3. The van der Waals surface area contributed by atoms with Gasteiger partial charge >= 0.3 is 0 Å². The van der Waals surface area contributed by atoms with Crippen molar-refractivity contribution in [3.63, 3.8) is 0 Å². The monoisotopic (exact) mass is 304 g/mol.